The van der Waals surface area contributed by atoms with E-state index in [4.69, 9.17) is 16.3 Å². The molecule has 5 nitrogen and oxygen atoms in total. The zero-order chi connectivity index (χ0) is 20.3. The number of ether oxygens (including phenoxy) is 1. The maximum absolute atomic E-state index is 12.3. The molecular formula is C20H15BrClN3O2S. The molecule has 2 aromatic carbocycles. The highest BCUT2D eigenvalue weighted by atomic mass is 79.9. The summed E-state index contributed by atoms with van der Waals surface area (Å²) in [7, 11) is 3.34. The van der Waals surface area contributed by atoms with Crippen molar-refractivity contribution in [3.05, 3.63) is 67.5 Å². The number of aliphatic imine (C=N–C) groups is 1. The van der Waals surface area contributed by atoms with Crippen molar-refractivity contribution in [1.82, 2.24) is 4.90 Å². The average Bonchev–Trinajstić information content (AvgIpc) is 2.95. The summed E-state index contributed by atoms with van der Waals surface area (Å²) in [6, 6.07) is 13.0. The standard InChI is InChI=1S/C20H15BrClN3O2S/c1-24-20-25(2)19(26)17(28-20)9-12-7-15(21)18(16(22)8-12)27-11-14-6-4-3-5-13(14)10-23/h3-9H,11H2,1-2H3. The predicted molar refractivity (Wildman–Crippen MR) is 116 cm³/mol. The molecule has 0 bridgehead atoms. The van der Waals surface area contributed by atoms with Crippen LogP contribution in [0.4, 0.5) is 0 Å². The molecule has 1 aliphatic rings. The van der Waals surface area contributed by atoms with Gasteiger partial charge in [0.1, 0.15) is 6.61 Å². The third-order valence-electron chi connectivity index (χ3n) is 4.02. The Balaban J connectivity index is 1.83. The number of rotatable bonds is 4. The fourth-order valence-corrected chi connectivity index (χ4v) is 4.52. The molecule has 28 heavy (non-hydrogen) atoms. The van der Waals surface area contributed by atoms with E-state index in [1.807, 2.05) is 24.3 Å². The summed E-state index contributed by atoms with van der Waals surface area (Å²) in [4.78, 5) is 18.5. The summed E-state index contributed by atoms with van der Waals surface area (Å²) >= 11 is 11.2. The second-order valence-electron chi connectivity index (χ2n) is 5.85. The van der Waals surface area contributed by atoms with Crippen molar-refractivity contribution in [2.45, 2.75) is 6.61 Å². The Morgan fingerprint density at radius 2 is 2.14 bits per heavy atom. The molecule has 3 rings (SSSR count). The molecule has 0 radical (unpaired) electrons. The number of halogens is 2. The SMILES string of the molecule is CN=C1SC(=Cc2cc(Cl)c(OCc3ccccc3C#N)c(Br)c2)C(=O)N1C. The van der Waals surface area contributed by atoms with Crippen molar-refractivity contribution in [2.75, 3.05) is 14.1 Å². The lowest BCUT2D eigenvalue weighted by Crippen LogP contribution is -2.23. The Morgan fingerprint density at radius 3 is 2.79 bits per heavy atom. The number of nitrogens with zero attached hydrogens (tertiary/aromatic N) is 3. The van der Waals surface area contributed by atoms with E-state index in [1.54, 1.807) is 32.3 Å². The summed E-state index contributed by atoms with van der Waals surface area (Å²) in [5.74, 6) is 0.376. The van der Waals surface area contributed by atoms with E-state index < -0.39 is 0 Å². The summed E-state index contributed by atoms with van der Waals surface area (Å²) in [5, 5.41) is 10.2. The number of carbonyl (C=O) groups is 1. The highest BCUT2D eigenvalue weighted by molar-refractivity contribution is 9.10. The van der Waals surface area contributed by atoms with Crippen LogP contribution >= 0.6 is 39.3 Å². The van der Waals surface area contributed by atoms with Gasteiger partial charge in [0.15, 0.2) is 10.9 Å². The van der Waals surface area contributed by atoms with Crippen molar-refractivity contribution in [1.29, 1.82) is 5.26 Å². The van der Waals surface area contributed by atoms with Crippen molar-refractivity contribution in [2.24, 2.45) is 4.99 Å². The zero-order valence-corrected chi connectivity index (χ0v) is 18.2. The minimum atomic E-state index is -0.105. The van der Waals surface area contributed by atoms with Crippen LogP contribution in [0.3, 0.4) is 0 Å². The Hall–Kier alpha value is -2.27. The number of amidine groups is 1. The monoisotopic (exact) mass is 475 g/mol. The highest BCUT2D eigenvalue weighted by Crippen LogP contribution is 2.37. The molecular weight excluding hydrogens is 462 g/mol. The summed E-state index contributed by atoms with van der Waals surface area (Å²) in [6.07, 6.45) is 1.77. The Morgan fingerprint density at radius 1 is 1.39 bits per heavy atom. The summed E-state index contributed by atoms with van der Waals surface area (Å²) in [6.45, 7) is 0.220. The number of nitriles is 1. The van der Waals surface area contributed by atoms with Crippen LogP contribution in [-0.4, -0.2) is 30.1 Å². The zero-order valence-electron chi connectivity index (χ0n) is 15.1. The molecule has 0 spiro atoms. The number of hydrogen-bond acceptors (Lipinski definition) is 5. The second kappa shape index (κ2) is 8.82. The molecule has 1 aliphatic heterocycles. The molecule has 8 heteroatoms. The quantitative estimate of drug-likeness (QED) is 0.577. The number of likely N-dealkylation sites (N-methyl/N-ethyl adjacent to an activating group) is 1. The van der Waals surface area contributed by atoms with E-state index in [0.29, 0.717) is 30.9 Å². The molecule has 0 saturated carbocycles. The van der Waals surface area contributed by atoms with Crippen LogP contribution in [0.5, 0.6) is 5.75 Å². The smallest absolute Gasteiger partial charge is 0.266 e. The fourth-order valence-electron chi connectivity index (χ4n) is 2.61. The van der Waals surface area contributed by atoms with E-state index in [9.17, 15) is 10.1 Å². The maximum Gasteiger partial charge on any atom is 0.266 e. The van der Waals surface area contributed by atoms with E-state index >= 15 is 0 Å². The largest absolute Gasteiger partial charge is 0.486 e. The molecule has 0 N–H and O–H groups in total. The van der Waals surface area contributed by atoms with Crippen molar-refractivity contribution >= 4 is 56.4 Å². The van der Waals surface area contributed by atoms with Gasteiger partial charge in [0.25, 0.3) is 5.91 Å². The van der Waals surface area contributed by atoms with Crippen LogP contribution in [0.2, 0.25) is 5.02 Å². The first kappa shape index (κ1) is 20.5. The van der Waals surface area contributed by atoms with Gasteiger partial charge in [-0.2, -0.15) is 5.26 Å². The highest BCUT2D eigenvalue weighted by Gasteiger charge is 2.29. The predicted octanol–water partition coefficient (Wildman–Crippen LogP) is 5.09. The third kappa shape index (κ3) is 4.25. The van der Waals surface area contributed by atoms with Crippen LogP contribution in [0.25, 0.3) is 6.08 Å². The molecule has 2 aromatic rings. The van der Waals surface area contributed by atoms with Gasteiger partial charge in [-0.05, 0) is 57.5 Å². The minimum absolute atomic E-state index is 0.105. The van der Waals surface area contributed by atoms with E-state index in [-0.39, 0.29) is 12.5 Å². The summed E-state index contributed by atoms with van der Waals surface area (Å²) < 4.78 is 6.51. The van der Waals surface area contributed by atoms with Gasteiger partial charge in [-0.1, -0.05) is 29.8 Å². The van der Waals surface area contributed by atoms with Crippen LogP contribution in [0.15, 0.2) is 50.8 Å². The van der Waals surface area contributed by atoms with Gasteiger partial charge in [0.2, 0.25) is 0 Å². The Kier molecular flexibility index (Phi) is 6.45. The van der Waals surface area contributed by atoms with Gasteiger partial charge in [-0.3, -0.25) is 14.7 Å². The molecule has 0 aliphatic carbocycles. The lowest BCUT2D eigenvalue weighted by atomic mass is 10.1. The van der Waals surface area contributed by atoms with E-state index in [1.165, 1.54) is 16.7 Å². The second-order valence-corrected chi connectivity index (χ2v) is 8.12. The van der Waals surface area contributed by atoms with E-state index in [2.05, 4.69) is 27.0 Å². The van der Waals surface area contributed by atoms with Crippen LogP contribution in [0.1, 0.15) is 16.7 Å². The van der Waals surface area contributed by atoms with Crippen LogP contribution in [0, 0.1) is 11.3 Å². The van der Waals surface area contributed by atoms with Gasteiger partial charge in [0.05, 0.1) is 26.0 Å². The third-order valence-corrected chi connectivity index (χ3v) is 6.04. The van der Waals surface area contributed by atoms with Gasteiger partial charge in [0, 0.05) is 19.7 Å². The number of carbonyl (C=O) groups excluding carboxylic acids is 1. The van der Waals surface area contributed by atoms with Crippen molar-refractivity contribution in [3.8, 4) is 11.8 Å². The first-order valence-corrected chi connectivity index (χ1v) is 10.2. The van der Waals surface area contributed by atoms with Gasteiger partial charge < -0.3 is 4.74 Å². The molecule has 142 valence electrons. The molecule has 0 unspecified atom stereocenters. The molecule has 0 atom stereocenters. The Bertz CT molecular complexity index is 1020. The minimum Gasteiger partial charge on any atom is -0.486 e. The lowest BCUT2D eigenvalue weighted by Gasteiger charge is -2.12. The number of benzene rings is 2. The maximum atomic E-state index is 12.3. The number of hydrogen-bond donors (Lipinski definition) is 0. The first-order valence-electron chi connectivity index (χ1n) is 8.18. The Labute approximate surface area is 180 Å². The van der Waals surface area contributed by atoms with Gasteiger partial charge in [-0.25, -0.2) is 0 Å². The topological polar surface area (TPSA) is 65.7 Å². The van der Waals surface area contributed by atoms with Crippen LogP contribution in [-0.2, 0) is 11.4 Å². The molecule has 1 heterocycles. The van der Waals surface area contributed by atoms with Crippen molar-refractivity contribution < 1.29 is 9.53 Å². The first-order chi connectivity index (χ1) is 13.4. The average molecular weight is 477 g/mol. The van der Waals surface area contributed by atoms with Gasteiger partial charge in [-0.15, -0.1) is 0 Å². The molecule has 0 aromatic heterocycles. The number of amides is 1. The normalized spacial score (nSPS) is 16.7. The fraction of sp³-hybridized carbons (Fsp3) is 0.150. The van der Waals surface area contributed by atoms with Gasteiger partial charge >= 0.3 is 0 Å². The van der Waals surface area contributed by atoms with Crippen molar-refractivity contribution in [3.63, 3.8) is 0 Å². The molecule has 1 amide bonds. The molecule has 1 saturated heterocycles. The molecule has 1 fully saturated rings. The van der Waals surface area contributed by atoms with Crippen LogP contribution < -0.4 is 4.74 Å². The number of thioether (sulfide) groups is 1. The lowest BCUT2D eigenvalue weighted by molar-refractivity contribution is -0.121. The van der Waals surface area contributed by atoms with E-state index in [0.717, 1.165) is 11.1 Å². The summed E-state index contributed by atoms with van der Waals surface area (Å²) in [5.41, 5.74) is 2.11.